The Morgan fingerprint density at radius 3 is 2.93 bits per heavy atom. The van der Waals surface area contributed by atoms with Crippen molar-refractivity contribution in [2.24, 2.45) is 0 Å². The van der Waals surface area contributed by atoms with Crippen LogP contribution < -0.4 is 5.32 Å². The third kappa shape index (κ3) is 2.25. The van der Waals surface area contributed by atoms with E-state index in [1.165, 1.54) is 18.4 Å². The quantitative estimate of drug-likeness (QED) is 0.787. The van der Waals surface area contributed by atoms with Crippen molar-refractivity contribution in [2.75, 3.05) is 13.1 Å². The molecule has 1 nitrogen and oxygen atoms in total. The molecule has 76 valence electrons. The number of rotatable bonds is 1. The summed E-state index contributed by atoms with van der Waals surface area (Å²) in [7, 11) is 0. The highest BCUT2D eigenvalue weighted by Gasteiger charge is 2.15. The van der Waals surface area contributed by atoms with Crippen molar-refractivity contribution in [3.63, 3.8) is 0 Å². The number of nitrogens with one attached hydrogen (secondary N) is 1. The van der Waals surface area contributed by atoms with Crippen LogP contribution in [0.25, 0.3) is 0 Å². The van der Waals surface area contributed by atoms with Gasteiger partial charge in [0.1, 0.15) is 5.82 Å². The van der Waals surface area contributed by atoms with Crippen LogP contribution in [0.15, 0.2) is 18.2 Å². The highest BCUT2D eigenvalue weighted by molar-refractivity contribution is 14.1. The van der Waals surface area contributed by atoms with Gasteiger partial charge in [-0.1, -0.05) is 6.07 Å². The zero-order valence-electron chi connectivity index (χ0n) is 7.89. The molecule has 1 heterocycles. The maximum absolute atomic E-state index is 13.0. The lowest BCUT2D eigenvalue weighted by molar-refractivity contribution is 0.461. The first kappa shape index (κ1) is 10.4. The van der Waals surface area contributed by atoms with Gasteiger partial charge < -0.3 is 5.32 Å². The Kier molecular flexibility index (Phi) is 3.38. The Morgan fingerprint density at radius 2 is 2.29 bits per heavy atom. The van der Waals surface area contributed by atoms with E-state index in [9.17, 15) is 4.39 Å². The summed E-state index contributed by atoms with van der Waals surface area (Å²) in [6, 6.07) is 5.45. The van der Waals surface area contributed by atoms with Crippen molar-refractivity contribution in [3.8, 4) is 0 Å². The molecule has 1 N–H and O–H groups in total. The van der Waals surface area contributed by atoms with E-state index in [1.54, 1.807) is 6.07 Å². The summed E-state index contributed by atoms with van der Waals surface area (Å²) in [6.45, 7) is 2.15. The molecule has 0 unspecified atom stereocenters. The van der Waals surface area contributed by atoms with E-state index in [0.717, 1.165) is 16.7 Å². The Morgan fingerprint density at radius 1 is 1.43 bits per heavy atom. The molecule has 3 heteroatoms. The lowest BCUT2D eigenvalue weighted by Crippen LogP contribution is -2.28. The number of hydrogen-bond acceptors (Lipinski definition) is 1. The standard InChI is InChI=1S/C11H13FIN/c12-10-4-3-8(6-11(10)13)9-2-1-5-14-7-9/h3-4,6,9,14H,1-2,5,7H2/t9-/m0/s1. The predicted octanol–water partition coefficient (Wildman–Crippen LogP) is 2.90. The average Bonchev–Trinajstić information content (AvgIpc) is 2.23. The first-order valence-corrected chi connectivity index (χ1v) is 6.01. The van der Waals surface area contributed by atoms with Crippen molar-refractivity contribution in [2.45, 2.75) is 18.8 Å². The van der Waals surface area contributed by atoms with E-state index in [2.05, 4.69) is 27.9 Å². The molecule has 1 saturated heterocycles. The molecule has 14 heavy (non-hydrogen) atoms. The average molecular weight is 305 g/mol. The summed E-state index contributed by atoms with van der Waals surface area (Å²) in [6.07, 6.45) is 2.44. The summed E-state index contributed by atoms with van der Waals surface area (Å²) in [4.78, 5) is 0. The van der Waals surface area contributed by atoms with E-state index in [1.807, 2.05) is 12.1 Å². The van der Waals surface area contributed by atoms with Crippen molar-refractivity contribution in [1.29, 1.82) is 0 Å². The van der Waals surface area contributed by atoms with E-state index in [-0.39, 0.29) is 5.82 Å². The number of halogens is 2. The van der Waals surface area contributed by atoms with Gasteiger partial charge in [0.15, 0.2) is 0 Å². The van der Waals surface area contributed by atoms with Crippen LogP contribution in [0.5, 0.6) is 0 Å². The summed E-state index contributed by atoms with van der Waals surface area (Å²) >= 11 is 2.05. The Balaban J connectivity index is 2.18. The molecule has 0 spiro atoms. The van der Waals surface area contributed by atoms with Crippen LogP contribution >= 0.6 is 22.6 Å². The molecule has 0 saturated carbocycles. The third-order valence-corrected chi connectivity index (χ3v) is 3.54. The molecule has 1 aromatic carbocycles. The fourth-order valence-electron chi connectivity index (χ4n) is 1.90. The SMILES string of the molecule is Fc1ccc([C@H]2CCCNC2)cc1I. The fraction of sp³-hybridized carbons (Fsp3) is 0.455. The van der Waals surface area contributed by atoms with E-state index in [4.69, 9.17) is 0 Å². The molecular weight excluding hydrogens is 292 g/mol. The molecule has 1 atom stereocenters. The van der Waals surface area contributed by atoms with Gasteiger partial charge in [-0.05, 0) is 65.6 Å². The molecule has 0 amide bonds. The summed E-state index contributed by atoms with van der Waals surface area (Å²) in [5.74, 6) is 0.455. The normalized spacial score (nSPS) is 22.3. The van der Waals surface area contributed by atoms with Crippen LogP contribution in [0.1, 0.15) is 24.3 Å². The van der Waals surface area contributed by atoms with Crippen LogP contribution in [-0.4, -0.2) is 13.1 Å². The van der Waals surface area contributed by atoms with Crippen LogP contribution in [0.4, 0.5) is 4.39 Å². The minimum absolute atomic E-state index is 0.113. The van der Waals surface area contributed by atoms with E-state index in [0.29, 0.717) is 5.92 Å². The fourth-order valence-corrected chi connectivity index (χ4v) is 2.44. The van der Waals surface area contributed by atoms with Crippen molar-refractivity contribution < 1.29 is 4.39 Å². The third-order valence-electron chi connectivity index (χ3n) is 2.71. The van der Waals surface area contributed by atoms with Crippen LogP contribution in [0.3, 0.4) is 0 Å². The lowest BCUT2D eigenvalue weighted by Gasteiger charge is -2.23. The first-order valence-electron chi connectivity index (χ1n) is 4.93. The Labute approximate surface area is 97.2 Å². The highest BCUT2D eigenvalue weighted by Crippen LogP contribution is 2.25. The molecule has 0 aliphatic carbocycles. The second kappa shape index (κ2) is 4.57. The van der Waals surface area contributed by atoms with Gasteiger partial charge in [0.2, 0.25) is 0 Å². The summed E-state index contributed by atoms with van der Waals surface area (Å²) < 4.78 is 13.8. The number of benzene rings is 1. The summed E-state index contributed by atoms with van der Waals surface area (Å²) in [5, 5.41) is 3.37. The second-order valence-corrected chi connectivity index (χ2v) is 4.88. The molecule has 0 aromatic heterocycles. The van der Waals surface area contributed by atoms with Crippen LogP contribution in [0, 0.1) is 9.39 Å². The van der Waals surface area contributed by atoms with Gasteiger partial charge >= 0.3 is 0 Å². The van der Waals surface area contributed by atoms with Gasteiger partial charge in [-0.2, -0.15) is 0 Å². The number of hydrogen-bond donors (Lipinski definition) is 1. The van der Waals surface area contributed by atoms with Crippen molar-refractivity contribution in [3.05, 3.63) is 33.1 Å². The molecule has 1 aliphatic heterocycles. The zero-order chi connectivity index (χ0) is 9.97. The van der Waals surface area contributed by atoms with Crippen LogP contribution in [0.2, 0.25) is 0 Å². The molecule has 0 radical (unpaired) electrons. The largest absolute Gasteiger partial charge is 0.316 e. The number of piperidine rings is 1. The molecule has 1 aromatic rings. The van der Waals surface area contributed by atoms with Gasteiger partial charge in [-0.15, -0.1) is 0 Å². The molecule has 2 rings (SSSR count). The predicted molar refractivity (Wildman–Crippen MR) is 64.0 cm³/mol. The van der Waals surface area contributed by atoms with Gasteiger partial charge in [0, 0.05) is 10.1 Å². The van der Waals surface area contributed by atoms with Crippen LogP contribution in [-0.2, 0) is 0 Å². The zero-order valence-corrected chi connectivity index (χ0v) is 10.1. The smallest absolute Gasteiger partial charge is 0.136 e. The van der Waals surface area contributed by atoms with Gasteiger partial charge in [0.05, 0.1) is 0 Å². The lowest BCUT2D eigenvalue weighted by atomic mass is 9.92. The summed E-state index contributed by atoms with van der Waals surface area (Å²) in [5.41, 5.74) is 1.27. The molecule has 1 fully saturated rings. The van der Waals surface area contributed by atoms with Crippen molar-refractivity contribution >= 4 is 22.6 Å². The Hall–Kier alpha value is -0.160. The topological polar surface area (TPSA) is 12.0 Å². The first-order chi connectivity index (χ1) is 6.77. The Bertz CT molecular complexity index is 321. The molecular formula is C11H13FIN. The minimum atomic E-state index is -0.113. The van der Waals surface area contributed by atoms with Gasteiger partial charge in [-0.3, -0.25) is 0 Å². The molecule has 0 bridgehead atoms. The molecule has 1 aliphatic rings. The maximum atomic E-state index is 13.0. The second-order valence-electron chi connectivity index (χ2n) is 3.72. The van der Waals surface area contributed by atoms with Crippen molar-refractivity contribution in [1.82, 2.24) is 5.32 Å². The minimum Gasteiger partial charge on any atom is -0.316 e. The van der Waals surface area contributed by atoms with E-state index >= 15 is 0 Å². The van der Waals surface area contributed by atoms with Gasteiger partial charge in [0.25, 0.3) is 0 Å². The van der Waals surface area contributed by atoms with Gasteiger partial charge in [-0.25, -0.2) is 4.39 Å². The van der Waals surface area contributed by atoms with E-state index < -0.39 is 0 Å². The maximum Gasteiger partial charge on any atom is 0.136 e. The highest BCUT2D eigenvalue weighted by atomic mass is 127. The monoisotopic (exact) mass is 305 g/mol.